The van der Waals surface area contributed by atoms with Crippen LogP contribution in [0.2, 0.25) is 0 Å². The van der Waals surface area contributed by atoms with Gasteiger partial charge in [-0.15, -0.1) is 0 Å². The number of hydrogen-bond acceptors (Lipinski definition) is 2. The van der Waals surface area contributed by atoms with Crippen molar-refractivity contribution in [1.82, 2.24) is 10.3 Å². The van der Waals surface area contributed by atoms with Gasteiger partial charge in [0.05, 0.1) is 0 Å². The molecule has 0 aromatic carbocycles. The molecule has 0 saturated heterocycles. The number of hydrogen-bond donors (Lipinski definition) is 1. The lowest BCUT2D eigenvalue weighted by Gasteiger charge is -2.33. The van der Waals surface area contributed by atoms with Crippen LogP contribution in [0.15, 0.2) is 22.9 Å². The Bertz CT molecular complexity index is 359. The summed E-state index contributed by atoms with van der Waals surface area (Å²) in [5.41, 5.74) is 1.66. The Kier molecular flexibility index (Phi) is 6.30. The van der Waals surface area contributed by atoms with Crippen LogP contribution in [0.4, 0.5) is 0 Å². The largest absolute Gasteiger partial charge is 0.314 e. The van der Waals surface area contributed by atoms with E-state index in [1.165, 1.54) is 18.4 Å². The van der Waals surface area contributed by atoms with Crippen LogP contribution in [0.25, 0.3) is 0 Å². The maximum atomic E-state index is 4.26. The van der Waals surface area contributed by atoms with E-state index in [2.05, 4.69) is 60.0 Å². The third kappa shape index (κ3) is 4.69. The molecular weight excluding hydrogens is 288 g/mol. The maximum Gasteiger partial charge on any atom is 0.0410 e. The molecule has 0 spiro atoms. The minimum absolute atomic E-state index is 0.340. The Hall–Kier alpha value is -0.410. The fourth-order valence-electron chi connectivity index (χ4n) is 2.22. The molecule has 1 rings (SSSR count). The molecule has 0 radical (unpaired) electrons. The second-order valence-electron chi connectivity index (χ2n) is 5.43. The third-order valence-corrected chi connectivity index (χ3v) is 4.16. The summed E-state index contributed by atoms with van der Waals surface area (Å²) in [4.78, 5) is 4.26. The zero-order valence-electron chi connectivity index (χ0n) is 12.0. The van der Waals surface area contributed by atoms with Crippen LogP contribution in [0, 0.1) is 5.41 Å². The molecule has 2 nitrogen and oxygen atoms in total. The van der Waals surface area contributed by atoms with Gasteiger partial charge in [0.15, 0.2) is 0 Å². The van der Waals surface area contributed by atoms with Gasteiger partial charge < -0.3 is 5.32 Å². The molecule has 0 aliphatic heterocycles. The van der Waals surface area contributed by atoms with Crippen molar-refractivity contribution in [3.8, 4) is 0 Å². The van der Waals surface area contributed by atoms with Gasteiger partial charge >= 0.3 is 0 Å². The summed E-state index contributed by atoms with van der Waals surface area (Å²) in [6, 6.07) is 2.73. The highest BCUT2D eigenvalue weighted by Gasteiger charge is 2.26. The van der Waals surface area contributed by atoms with Crippen molar-refractivity contribution in [2.45, 2.75) is 53.0 Å². The SMILES string of the molecule is CCC(CC)(CNC(C)C)Cc1cncc(Br)c1. The van der Waals surface area contributed by atoms with E-state index in [-0.39, 0.29) is 0 Å². The summed E-state index contributed by atoms with van der Waals surface area (Å²) in [6.07, 6.45) is 7.30. The van der Waals surface area contributed by atoms with Crippen LogP contribution in [0.5, 0.6) is 0 Å². The Morgan fingerprint density at radius 3 is 2.44 bits per heavy atom. The first-order valence-corrected chi connectivity index (χ1v) is 7.63. The van der Waals surface area contributed by atoms with E-state index >= 15 is 0 Å². The highest BCUT2D eigenvalue weighted by Crippen LogP contribution is 2.31. The third-order valence-electron chi connectivity index (χ3n) is 3.73. The monoisotopic (exact) mass is 312 g/mol. The molecule has 102 valence electrons. The predicted molar refractivity (Wildman–Crippen MR) is 81.8 cm³/mol. The van der Waals surface area contributed by atoms with Crippen LogP contribution in [-0.4, -0.2) is 17.6 Å². The number of aromatic nitrogens is 1. The molecule has 0 aliphatic carbocycles. The first kappa shape index (κ1) is 15.6. The molecule has 0 aliphatic rings. The average molecular weight is 313 g/mol. The molecule has 18 heavy (non-hydrogen) atoms. The second kappa shape index (κ2) is 7.25. The predicted octanol–water partition coefficient (Wildman–Crippen LogP) is 4.19. The molecular formula is C15H25BrN2. The lowest BCUT2D eigenvalue weighted by atomic mass is 9.77. The van der Waals surface area contributed by atoms with Crippen LogP contribution in [-0.2, 0) is 6.42 Å². The van der Waals surface area contributed by atoms with Crippen molar-refractivity contribution in [2.75, 3.05) is 6.54 Å². The van der Waals surface area contributed by atoms with E-state index in [1.54, 1.807) is 0 Å². The number of rotatable bonds is 7. The average Bonchev–Trinajstić information content (AvgIpc) is 2.34. The number of halogens is 1. The summed E-state index contributed by atoms with van der Waals surface area (Å²) in [5, 5.41) is 3.59. The number of nitrogens with one attached hydrogen (secondary N) is 1. The summed E-state index contributed by atoms with van der Waals surface area (Å²) in [7, 11) is 0. The molecule has 1 aromatic heterocycles. The van der Waals surface area contributed by atoms with Crippen LogP contribution >= 0.6 is 15.9 Å². The fourth-order valence-corrected chi connectivity index (χ4v) is 2.63. The van der Waals surface area contributed by atoms with Gasteiger partial charge in [0.25, 0.3) is 0 Å². The van der Waals surface area contributed by atoms with Crippen molar-refractivity contribution < 1.29 is 0 Å². The van der Waals surface area contributed by atoms with Gasteiger partial charge in [0.1, 0.15) is 0 Å². The van der Waals surface area contributed by atoms with Crippen molar-refractivity contribution in [3.63, 3.8) is 0 Å². The Balaban J connectivity index is 2.78. The van der Waals surface area contributed by atoms with E-state index < -0.39 is 0 Å². The van der Waals surface area contributed by atoms with Gasteiger partial charge in [0, 0.05) is 29.5 Å². The molecule has 0 saturated carbocycles. The van der Waals surface area contributed by atoms with E-state index in [9.17, 15) is 0 Å². The second-order valence-corrected chi connectivity index (χ2v) is 6.35. The van der Waals surface area contributed by atoms with Gasteiger partial charge in [0.2, 0.25) is 0 Å². The standard InChI is InChI=1S/C15H25BrN2/c1-5-15(6-2,11-18-12(3)4)8-13-7-14(16)10-17-9-13/h7,9-10,12,18H,5-6,8,11H2,1-4H3. The molecule has 3 heteroatoms. The number of pyridine rings is 1. The van der Waals surface area contributed by atoms with E-state index in [0.29, 0.717) is 11.5 Å². The summed E-state index contributed by atoms with van der Waals surface area (Å²) >= 11 is 3.50. The first-order chi connectivity index (χ1) is 8.51. The van der Waals surface area contributed by atoms with Gasteiger partial charge in [-0.25, -0.2) is 0 Å². The summed E-state index contributed by atoms with van der Waals surface area (Å²) < 4.78 is 1.07. The molecule has 1 N–H and O–H groups in total. The van der Waals surface area contributed by atoms with Gasteiger partial charge in [-0.05, 0) is 52.2 Å². The van der Waals surface area contributed by atoms with Gasteiger partial charge in [-0.3, -0.25) is 4.98 Å². The van der Waals surface area contributed by atoms with E-state index in [1.807, 2.05) is 12.4 Å². The fraction of sp³-hybridized carbons (Fsp3) is 0.667. The van der Waals surface area contributed by atoms with Crippen molar-refractivity contribution in [3.05, 3.63) is 28.5 Å². The van der Waals surface area contributed by atoms with Crippen molar-refractivity contribution >= 4 is 15.9 Å². The smallest absolute Gasteiger partial charge is 0.0410 e. The zero-order valence-corrected chi connectivity index (χ0v) is 13.5. The van der Waals surface area contributed by atoms with Crippen LogP contribution in [0.1, 0.15) is 46.1 Å². The van der Waals surface area contributed by atoms with Crippen LogP contribution in [0.3, 0.4) is 0 Å². The first-order valence-electron chi connectivity index (χ1n) is 6.84. The molecule has 0 unspecified atom stereocenters. The maximum absolute atomic E-state index is 4.26. The summed E-state index contributed by atoms with van der Waals surface area (Å²) in [5.74, 6) is 0. The molecule has 1 heterocycles. The Morgan fingerprint density at radius 1 is 1.28 bits per heavy atom. The highest BCUT2D eigenvalue weighted by molar-refractivity contribution is 9.10. The lowest BCUT2D eigenvalue weighted by Crippen LogP contribution is -2.38. The lowest BCUT2D eigenvalue weighted by molar-refractivity contribution is 0.239. The van der Waals surface area contributed by atoms with E-state index in [4.69, 9.17) is 0 Å². The molecule has 1 aromatic rings. The van der Waals surface area contributed by atoms with Gasteiger partial charge in [-0.2, -0.15) is 0 Å². The Labute approximate surface area is 120 Å². The van der Waals surface area contributed by atoms with Gasteiger partial charge in [-0.1, -0.05) is 27.7 Å². The zero-order chi connectivity index (χ0) is 13.6. The van der Waals surface area contributed by atoms with Crippen molar-refractivity contribution in [2.24, 2.45) is 5.41 Å². The van der Waals surface area contributed by atoms with E-state index in [0.717, 1.165) is 17.4 Å². The molecule has 0 amide bonds. The minimum atomic E-state index is 0.340. The molecule has 0 atom stereocenters. The quantitative estimate of drug-likeness (QED) is 0.816. The highest BCUT2D eigenvalue weighted by atomic mass is 79.9. The number of nitrogens with zero attached hydrogens (tertiary/aromatic N) is 1. The molecule has 0 fully saturated rings. The summed E-state index contributed by atoms with van der Waals surface area (Å²) in [6.45, 7) is 10.1. The van der Waals surface area contributed by atoms with Crippen molar-refractivity contribution in [1.29, 1.82) is 0 Å². The normalized spacial score (nSPS) is 12.1. The topological polar surface area (TPSA) is 24.9 Å². The molecule has 0 bridgehead atoms. The van der Waals surface area contributed by atoms with Crippen LogP contribution < -0.4 is 5.32 Å². The Morgan fingerprint density at radius 2 is 1.94 bits per heavy atom. The minimum Gasteiger partial charge on any atom is -0.314 e.